The standard InChI is InChI=1S/C26H34N6O5S/c1-26(2)36-21-18(35-19(22(21)37-26)13-34-25(33)17(27)9-10-38-3)12-32-15-31-20-23(29-14-30-24(20)32)28-11-16-7-5-4-6-8-16/h4-8,14-15,17-19,21-22H,9-13,27H2,1-3H3,(H,28,29,30)/t17-,18-,19+,21-,22+/m0/s1. The maximum absolute atomic E-state index is 12.4. The van der Waals surface area contributed by atoms with Gasteiger partial charge in [-0.2, -0.15) is 11.8 Å². The lowest BCUT2D eigenvalue weighted by atomic mass is 10.1. The van der Waals surface area contributed by atoms with Crippen molar-refractivity contribution in [3.05, 3.63) is 48.5 Å². The molecule has 4 heterocycles. The molecule has 204 valence electrons. The number of ether oxygens (including phenoxy) is 4. The summed E-state index contributed by atoms with van der Waals surface area (Å²) in [6.45, 7) is 4.84. The Bertz CT molecular complexity index is 1240. The van der Waals surface area contributed by atoms with E-state index >= 15 is 0 Å². The van der Waals surface area contributed by atoms with Crippen molar-refractivity contribution in [3.63, 3.8) is 0 Å². The smallest absolute Gasteiger partial charge is 0.323 e. The molecule has 2 fully saturated rings. The number of nitrogens with zero attached hydrogens (tertiary/aromatic N) is 4. The first-order valence-corrected chi connectivity index (χ1v) is 14.1. The fraction of sp³-hybridized carbons (Fsp3) is 0.538. The highest BCUT2D eigenvalue weighted by Gasteiger charge is 2.55. The molecule has 3 N–H and O–H groups in total. The number of aromatic nitrogens is 4. The van der Waals surface area contributed by atoms with Gasteiger partial charge in [0.05, 0.1) is 12.9 Å². The second-order valence-electron chi connectivity index (χ2n) is 9.93. The van der Waals surface area contributed by atoms with Crippen LogP contribution in [-0.2, 0) is 36.8 Å². The number of nitrogens with two attached hydrogens (primary N) is 1. The third-order valence-electron chi connectivity index (χ3n) is 6.65. The fourth-order valence-electron chi connectivity index (χ4n) is 4.81. The lowest BCUT2D eigenvalue weighted by molar-refractivity contribution is -0.194. The van der Waals surface area contributed by atoms with Crippen LogP contribution in [0.1, 0.15) is 25.8 Å². The Morgan fingerprint density at radius 1 is 1.18 bits per heavy atom. The van der Waals surface area contributed by atoms with E-state index in [4.69, 9.17) is 24.7 Å². The number of hydrogen-bond acceptors (Lipinski definition) is 11. The average molecular weight is 543 g/mol. The first-order valence-electron chi connectivity index (χ1n) is 12.7. The van der Waals surface area contributed by atoms with Gasteiger partial charge < -0.3 is 34.6 Å². The first-order chi connectivity index (χ1) is 18.3. The minimum atomic E-state index is -0.776. The van der Waals surface area contributed by atoms with Crippen molar-refractivity contribution in [2.75, 3.05) is 23.9 Å². The number of esters is 1. The molecule has 0 radical (unpaired) electrons. The third-order valence-corrected chi connectivity index (χ3v) is 7.30. The van der Waals surface area contributed by atoms with E-state index in [9.17, 15) is 4.79 Å². The van der Waals surface area contributed by atoms with E-state index in [1.165, 1.54) is 6.33 Å². The topological polar surface area (TPSA) is 136 Å². The molecule has 2 saturated heterocycles. The Balaban J connectivity index is 1.27. The number of benzene rings is 1. The summed E-state index contributed by atoms with van der Waals surface area (Å²) < 4.78 is 26.1. The van der Waals surface area contributed by atoms with Crippen LogP contribution in [0.3, 0.4) is 0 Å². The summed E-state index contributed by atoms with van der Waals surface area (Å²) in [5.41, 5.74) is 8.46. The Labute approximate surface area is 225 Å². The molecule has 0 spiro atoms. The average Bonchev–Trinajstić information content (AvgIpc) is 3.56. The van der Waals surface area contributed by atoms with Crippen molar-refractivity contribution in [1.29, 1.82) is 0 Å². The largest absolute Gasteiger partial charge is 0.462 e. The highest BCUT2D eigenvalue weighted by atomic mass is 32.2. The Morgan fingerprint density at radius 3 is 2.71 bits per heavy atom. The number of hydrogen-bond donors (Lipinski definition) is 2. The van der Waals surface area contributed by atoms with Crippen LogP contribution in [-0.4, -0.2) is 80.3 Å². The SMILES string of the molecule is CSCC[C@H](N)C(=O)OC[C@H]1O[C@@H](Cn2cnc3c(NCc4ccccc4)ncnc32)[C@@H]2OC(C)(C)O[C@@H]21. The van der Waals surface area contributed by atoms with Crippen LogP contribution >= 0.6 is 11.8 Å². The van der Waals surface area contributed by atoms with Crippen LogP contribution < -0.4 is 11.1 Å². The van der Waals surface area contributed by atoms with Gasteiger partial charge in [0.25, 0.3) is 0 Å². The molecule has 0 amide bonds. The Kier molecular flexibility index (Phi) is 8.15. The number of nitrogens with one attached hydrogen (secondary N) is 1. The van der Waals surface area contributed by atoms with E-state index in [0.29, 0.717) is 36.5 Å². The third kappa shape index (κ3) is 5.94. The Morgan fingerprint density at radius 2 is 1.95 bits per heavy atom. The van der Waals surface area contributed by atoms with Crippen LogP contribution in [0.5, 0.6) is 0 Å². The van der Waals surface area contributed by atoms with Crippen molar-refractivity contribution in [2.45, 2.75) is 69.6 Å². The van der Waals surface area contributed by atoms with Crippen molar-refractivity contribution < 1.29 is 23.7 Å². The predicted octanol–water partition coefficient (Wildman–Crippen LogP) is 2.35. The minimum absolute atomic E-state index is 0.0449. The van der Waals surface area contributed by atoms with Crippen LogP contribution in [0.4, 0.5) is 5.82 Å². The van der Waals surface area contributed by atoms with E-state index in [2.05, 4.69) is 32.4 Å². The van der Waals surface area contributed by atoms with Gasteiger partial charge in [-0.05, 0) is 37.8 Å². The number of imidazole rings is 1. The van der Waals surface area contributed by atoms with E-state index in [1.807, 2.05) is 42.9 Å². The molecule has 0 saturated carbocycles. The van der Waals surface area contributed by atoms with E-state index in [-0.39, 0.29) is 24.9 Å². The van der Waals surface area contributed by atoms with Gasteiger partial charge in [-0.1, -0.05) is 30.3 Å². The van der Waals surface area contributed by atoms with Crippen LogP contribution in [0.2, 0.25) is 0 Å². The molecule has 1 aromatic carbocycles. The van der Waals surface area contributed by atoms with Gasteiger partial charge in [0.1, 0.15) is 48.9 Å². The molecule has 5 atom stereocenters. The van der Waals surface area contributed by atoms with Crippen molar-refractivity contribution in [3.8, 4) is 0 Å². The van der Waals surface area contributed by atoms with E-state index in [1.54, 1.807) is 18.1 Å². The van der Waals surface area contributed by atoms with E-state index < -0.39 is 23.9 Å². The van der Waals surface area contributed by atoms with Gasteiger partial charge in [-0.3, -0.25) is 4.79 Å². The van der Waals surface area contributed by atoms with Crippen molar-refractivity contribution >= 4 is 34.7 Å². The van der Waals surface area contributed by atoms with Gasteiger partial charge in [0.2, 0.25) is 0 Å². The summed E-state index contributed by atoms with van der Waals surface area (Å²) >= 11 is 1.64. The van der Waals surface area contributed by atoms with Crippen LogP contribution in [0, 0.1) is 0 Å². The molecule has 11 nitrogen and oxygen atoms in total. The molecule has 0 aliphatic carbocycles. The second kappa shape index (κ2) is 11.5. The number of fused-ring (bicyclic) bond motifs is 2. The molecule has 2 aliphatic heterocycles. The zero-order valence-electron chi connectivity index (χ0n) is 21.8. The first kappa shape index (κ1) is 26.8. The zero-order chi connectivity index (χ0) is 26.7. The lowest BCUT2D eigenvalue weighted by Gasteiger charge is -2.24. The van der Waals surface area contributed by atoms with Gasteiger partial charge in [-0.15, -0.1) is 0 Å². The minimum Gasteiger partial charge on any atom is -0.462 e. The molecule has 5 rings (SSSR count). The van der Waals surface area contributed by atoms with Gasteiger partial charge in [-0.25, -0.2) is 15.0 Å². The summed E-state index contributed by atoms with van der Waals surface area (Å²) in [6, 6.07) is 9.43. The molecule has 0 bridgehead atoms. The van der Waals surface area contributed by atoms with Crippen LogP contribution in [0.15, 0.2) is 43.0 Å². The highest BCUT2D eigenvalue weighted by molar-refractivity contribution is 7.98. The highest BCUT2D eigenvalue weighted by Crippen LogP contribution is 2.39. The summed E-state index contributed by atoms with van der Waals surface area (Å²) in [6.07, 6.45) is 4.23. The van der Waals surface area contributed by atoms with Crippen LogP contribution in [0.25, 0.3) is 11.2 Å². The lowest BCUT2D eigenvalue weighted by Crippen LogP contribution is -2.38. The van der Waals surface area contributed by atoms with Gasteiger partial charge >= 0.3 is 5.97 Å². The number of carbonyl (C=O) groups excluding carboxylic acids is 1. The Hall–Kier alpha value is -2.77. The zero-order valence-corrected chi connectivity index (χ0v) is 22.6. The maximum Gasteiger partial charge on any atom is 0.323 e. The molecular formula is C26H34N6O5S. The monoisotopic (exact) mass is 542 g/mol. The quantitative estimate of drug-likeness (QED) is 0.346. The number of rotatable bonds is 11. The molecular weight excluding hydrogens is 508 g/mol. The summed E-state index contributed by atoms with van der Waals surface area (Å²) in [5, 5.41) is 3.35. The number of carbonyl (C=O) groups is 1. The normalized spacial score (nSPS) is 24.8. The molecule has 3 aromatic rings. The van der Waals surface area contributed by atoms with Gasteiger partial charge in [0.15, 0.2) is 17.3 Å². The fourth-order valence-corrected chi connectivity index (χ4v) is 5.30. The second-order valence-corrected chi connectivity index (χ2v) is 10.9. The maximum atomic E-state index is 12.4. The summed E-state index contributed by atoms with van der Waals surface area (Å²) in [5.74, 6) is 0.239. The molecule has 12 heteroatoms. The number of thioether (sulfide) groups is 1. The molecule has 2 aliphatic rings. The van der Waals surface area contributed by atoms with Crippen molar-refractivity contribution in [2.24, 2.45) is 5.73 Å². The van der Waals surface area contributed by atoms with Crippen molar-refractivity contribution in [1.82, 2.24) is 19.5 Å². The molecule has 2 aromatic heterocycles. The van der Waals surface area contributed by atoms with Gasteiger partial charge in [0, 0.05) is 6.54 Å². The number of anilines is 1. The molecule has 38 heavy (non-hydrogen) atoms. The predicted molar refractivity (Wildman–Crippen MR) is 144 cm³/mol. The summed E-state index contributed by atoms with van der Waals surface area (Å²) in [7, 11) is 0. The summed E-state index contributed by atoms with van der Waals surface area (Å²) in [4.78, 5) is 25.8. The van der Waals surface area contributed by atoms with E-state index in [0.717, 1.165) is 11.3 Å². The molecule has 0 unspecified atom stereocenters.